The van der Waals surface area contributed by atoms with Crippen LogP contribution in [0.25, 0.3) is 16.3 Å². The first kappa shape index (κ1) is 13.2. The summed E-state index contributed by atoms with van der Waals surface area (Å²) < 4.78 is 1.37. The summed E-state index contributed by atoms with van der Waals surface area (Å²) in [5.41, 5.74) is 1.19. The Kier molecular flexibility index (Phi) is 3.33. The molecular formula is C14H9N3O3S. The van der Waals surface area contributed by atoms with Crippen molar-refractivity contribution in [2.24, 2.45) is 0 Å². The smallest absolute Gasteiger partial charge is 0.294 e. The van der Waals surface area contributed by atoms with Crippen molar-refractivity contribution in [1.29, 1.82) is 0 Å². The summed E-state index contributed by atoms with van der Waals surface area (Å²) in [6, 6.07) is 9.99. The van der Waals surface area contributed by atoms with E-state index in [2.05, 4.69) is 5.10 Å². The fourth-order valence-corrected chi connectivity index (χ4v) is 2.75. The zero-order valence-corrected chi connectivity index (χ0v) is 11.5. The lowest BCUT2D eigenvalue weighted by Gasteiger charge is -2.01. The summed E-state index contributed by atoms with van der Waals surface area (Å²) in [5, 5.41) is 17.3. The number of nitro benzene ring substituents is 1. The van der Waals surface area contributed by atoms with Gasteiger partial charge in [-0.15, -0.1) is 11.3 Å². The van der Waals surface area contributed by atoms with Crippen LogP contribution in [0.5, 0.6) is 0 Å². The molecule has 0 aliphatic rings. The quantitative estimate of drug-likeness (QED) is 0.420. The maximum Gasteiger partial charge on any atom is 0.294 e. The maximum atomic E-state index is 11.2. The Hall–Kier alpha value is -2.80. The molecular weight excluding hydrogens is 290 g/mol. The fourth-order valence-electron chi connectivity index (χ4n) is 2.01. The molecule has 6 nitrogen and oxygen atoms in total. The van der Waals surface area contributed by atoms with Crippen molar-refractivity contribution < 1.29 is 9.72 Å². The van der Waals surface area contributed by atoms with E-state index >= 15 is 0 Å². The highest BCUT2D eigenvalue weighted by Gasteiger charge is 2.18. The van der Waals surface area contributed by atoms with Gasteiger partial charge in [0.1, 0.15) is 11.4 Å². The van der Waals surface area contributed by atoms with Crippen LogP contribution in [-0.2, 0) is 0 Å². The Bertz CT molecular complexity index is 809. The van der Waals surface area contributed by atoms with E-state index in [0.29, 0.717) is 23.2 Å². The number of nitro groups is 1. The number of aromatic nitrogens is 2. The molecule has 0 spiro atoms. The van der Waals surface area contributed by atoms with Gasteiger partial charge in [-0.1, -0.05) is 18.2 Å². The second kappa shape index (κ2) is 5.29. The zero-order chi connectivity index (χ0) is 14.8. The molecule has 0 N–H and O–H groups in total. The van der Waals surface area contributed by atoms with Gasteiger partial charge >= 0.3 is 0 Å². The van der Waals surface area contributed by atoms with E-state index in [0.717, 1.165) is 4.88 Å². The molecule has 3 rings (SSSR count). The molecule has 104 valence electrons. The molecule has 0 amide bonds. The van der Waals surface area contributed by atoms with Crippen LogP contribution in [0.2, 0.25) is 0 Å². The van der Waals surface area contributed by atoms with Crippen LogP contribution in [-0.4, -0.2) is 21.0 Å². The predicted molar refractivity (Wildman–Crippen MR) is 78.9 cm³/mol. The van der Waals surface area contributed by atoms with Gasteiger partial charge < -0.3 is 0 Å². The number of rotatable bonds is 4. The van der Waals surface area contributed by atoms with E-state index in [1.54, 1.807) is 18.2 Å². The van der Waals surface area contributed by atoms with Gasteiger partial charge in [0.2, 0.25) is 0 Å². The van der Waals surface area contributed by atoms with E-state index in [1.807, 2.05) is 17.5 Å². The number of carbonyl (C=O) groups excluding carboxylic acids is 1. The lowest BCUT2D eigenvalue weighted by Crippen LogP contribution is -2.00. The van der Waals surface area contributed by atoms with Crippen molar-refractivity contribution in [2.75, 3.05) is 0 Å². The highest BCUT2D eigenvalue weighted by atomic mass is 32.1. The van der Waals surface area contributed by atoms with Crippen molar-refractivity contribution in [3.63, 3.8) is 0 Å². The molecule has 0 radical (unpaired) electrons. The summed E-state index contributed by atoms with van der Waals surface area (Å²) in [7, 11) is 0. The highest BCUT2D eigenvalue weighted by Crippen LogP contribution is 2.28. The minimum atomic E-state index is -0.470. The molecule has 0 saturated carbocycles. The second-order valence-corrected chi connectivity index (χ2v) is 5.17. The van der Waals surface area contributed by atoms with Crippen molar-refractivity contribution in [3.8, 4) is 16.3 Å². The summed E-state index contributed by atoms with van der Waals surface area (Å²) in [4.78, 5) is 22.7. The van der Waals surface area contributed by atoms with E-state index in [-0.39, 0.29) is 5.69 Å². The van der Waals surface area contributed by atoms with Gasteiger partial charge in [0, 0.05) is 12.3 Å². The topological polar surface area (TPSA) is 78.0 Å². The predicted octanol–water partition coefficient (Wildman–Crippen LogP) is 3.32. The largest absolute Gasteiger partial charge is 0.298 e. The Morgan fingerprint density at radius 3 is 2.71 bits per heavy atom. The first-order chi connectivity index (χ1) is 10.2. The van der Waals surface area contributed by atoms with Crippen LogP contribution >= 0.6 is 11.3 Å². The van der Waals surface area contributed by atoms with Crippen LogP contribution in [0, 0.1) is 10.1 Å². The van der Waals surface area contributed by atoms with Crippen LogP contribution in [0.4, 0.5) is 5.69 Å². The van der Waals surface area contributed by atoms with Crippen molar-refractivity contribution in [2.45, 2.75) is 0 Å². The van der Waals surface area contributed by atoms with Crippen LogP contribution < -0.4 is 0 Å². The molecule has 0 bridgehead atoms. The molecule has 3 aromatic rings. The van der Waals surface area contributed by atoms with Gasteiger partial charge in [0.05, 0.1) is 15.4 Å². The molecule has 21 heavy (non-hydrogen) atoms. The van der Waals surface area contributed by atoms with E-state index in [1.165, 1.54) is 28.3 Å². The minimum Gasteiger partial charge on any atom is -0.298 e. The van der Waals surface area contributed by atoms with Gasteiger partial charge in [0.25, 0.3) is 5.69 Å². The molecule has 0 atom stereocenters. The number of carbonyl (C=O) groups is 1. The number of nitrogens with zero attached hydrogens (tertiary/aromatic N) is 3. The van der Waals surface area contributed by atoms with Gasteiger partial charge in [-0.2, -0.15) is 5.10 Å². The Morgan fingerprint density at radius 1 is 1.24 bits per heavy atom. The SMILES string of the molecule is O=Cc1cn(-c2ccccc2[N+](=O)[O-])nc1-c1cccs1. The van der Waals surface area contributed by atoms with E-state index in [9.17, 15) is 14.9 Å². The molecule has 0 saturated heterocycles. The van der Waals surface area contributed by atoms with Crippen LogP contribution in [0.3, 0.4) is 0 Å². The van der Waals surface area contributed by atoms with Crippen molar-refractivity contribution in [1.82, 2.24) is 9.78 Å². The molecule has 0 unspecified atom stereocenters. The Labute approximate surface area is 123 Å². The summed E-state index contributed by atoms with van der Waals surface area (Å²) >= 11 is 1.46. The van der Waals surface area contributed by atoms with Gasteiger partial charge in [0.15, 0.2) is 6.29 Å². The molecule has 7 heteroatoms. The van der Waals surface area contributed by atoms with E-state index in [4.69, 9.17) is 0 Å². The fraction of sp³-hybridized carbons (Fsp3) is 0. The Morgan fingerprint density at radius 2 is 2.05 bits per heavy atom. The average Bonchev–Trinajstić information content (AvgIpc) is 3.15. The van der Waals surface area contributed by atoms with Gasteiger partial charge in [-0.25, -0.2) is 4.68 Å². The maximum absolute atomic E-state index is 11.2. The monoisotopic (exact) mass is 299 g/mol. The van der Waals surface area contributed by atoms with E-state index < -0.39 is 4.92 Å². The molecule has 0 aliphatic carbocycles. The van der Waals surface area contributed by atoms with Gasteiger partial charge in [-0.05, 0) is 17.5 Å². The minimum absolute atomic E-state index is 0.0600. The number of aldehydes is 1. The lowest BCUT2D eigenvalue weighted by molar-refractivity contribution is -0.384. The summed E-state index contributed by atoms with van der Waals surface area (Å²) in [6.45, 7) is 0. The number of hydrogen-bond acceptors (Lipinski definition) is 5. The molecule has 0 fully saturated rings. The molecule has 2 heterocycles. The third-order valence-corrected chi connectivity index (χ3v) is 3.83. The van der Waals surface area contributed by atoms with Crippen LogP contribution in [0.1, 0.15) is 10.4 Å². The molecule has 0 aliphatic heterocycles. The van der Waals surface area contributed by atoms with Crippen molar-refractivity contribution in [3.05, 3.63) is 63.7 Å². The third-order valence-electron chi connectivity index (χ3n) is 2.95. The Balaban J connectivity index is 2.17. The molecule has 2 aromatic heterocycles. The lowest BCUT2D eigenvalue weighted by atomic mass is 10.2. The second-order valence-electron chi connectivity index (χ2n) is 4.22. The highest BCUT2D eigenvalue weighted by molar-refractivity contribution is 7.13. The summed E-state index contributed by atoms with van der Waals surface area (Å²) in [5.74, 6) is 0. The number of para-hydroxylation sites is 2. The first-order valence-electron chi connectivity index (χ1n) is 6.03. The van der Waals surface area contributed by atoms with Crippen molar-refractivity contribution >= 4 is 23.3 Å². The summed E-state index contributed by atoms with van der Waals surface area (Å²) in [6.07, 6.45) is 2.21. The number of hydrogen-bond donors (Lipinski definition) is 0. The van der Waals surface area contributed by atoms with Crippen LogP contribution in [0.15, 0.2) is 48.0 Å². The molecule has 1 aromatic carbocycles. The standard InChI is InChI=1S/C14H9N3O3S/c18-9-10-8-16(15-14(10)13-6-3-7-21-13)11-4-1-2-5-12(11)17(19)20/h1-9H. The zero-order valence-electron chi connectivity index (χ0n) is 10.7. The normalized spacial score (nSPS) is 10.5. The van der Waals surface area contributed by atoms with Gasteiger partial charge in [-0.3, -0.25) is 14.9 Å². The number of thiophene rings is 1. The first-order valence-corrected chi connectivity index (χ1v) is 6.91. The third kappa shape index (κ3) is 2.34. The number of benzene rings is 1. The average molecular weight is 299 g/mol.